The third kappa shape index (κ3) is 3.00. The van der Waals surface area contributed by atoms with Gasteiger partial charge in [-0.25, -0.2) is 4.98 Å². The maximum absolute atomic E-state index is 11.5. The fraction of sp³-hybridized carbons (Fsp3) is 0.333. The highest BCUT2D eigenvalue weighted by molar-refractivity contribution is 6.30. The van der Waals surface area contributed by atoms with Crippen molar-refractivity contribution in [2.45, 2.75) is 12.6 Å². The number of hydrogen-bond donors (Lipinski definition) is 2. The Bertz CT molecular complexity index is 676. The molecule has 0 bridgehead atoms. The van der Waals surface area contributed by atoms with E-state index in [2.05, 4.69) is 15.2 Å². The number of para-hydroxylation sites is 1. The molecule has 2 heterocycles. The average Bonchev–Trinajstić information content (AvgIpc) is 2.48. The van der Waals surface area contributed by atoms with Gasteiger partial charge in [-0.2, -0.15) is 0 Å². The van der Waals surface area contributed by atoms with Crippen LogP contribution in [0.25, 0.3) is 10.9 Å². The molecule has 2 aromatic rings. The fourth-order valence-electron chi connectivity index (χ4n) is 2.68. The van der Waals surface area contributed by atoms with E-state index in [9.17, 15) is 4.79 Å². The van der Waals surface area contributed by atoms with Crippen LogP contribution in [-0.4, -0.2) is 41.5 Å². The Balaban J connectivity index is 1.89. The highest BCUT2D eigenvalue weighted by Gasteiger charge is 2.27. The summed E-state index contributed by atoms with van der Waals surface area (Å²) in [6, 6.07) is 9.57. The molecular formula is C15H17ClN4O. The third-order valence-corrected chi connectivity index (χ3v) is 4.13. The molecule has 1 unspecified atom stereocenters. The van der Waals surface area contributed by atoms with Crippen molar-refractivity contribution in [2.75, 3.05) is 19.6 Å². The van der Waals surface area contributed by atoms with Crippen LogP contribution < -0.4 is 11.1 Å². The molecule has 110 valence electrons. The number of nitrogens with zero attached hydrogens (tertiary/aromatic N) is 2. The zero-order valence-electron chi connectivity index (χ0n) is 11.6. The standard InChI is InChI=1S/C15H17ClN4O/c16-14-11(7-10-3-1-2-4-12(10)19-14)9-20-6-5-18-8-13(20)15(17)21/h1-4,7,13,18H,5-6,8-9H2,(H2,17,21). The SMILES string of the molecule is NC(=O)C1CNCCN1Cc1cc2ccccc2nc1Cl. The second-order valence-electron chi connectivity index (χ2n) is 5.22. The number of carbonyl (C=O) groups excluding carboxylic acids is 1. The first-order valence-electron chi connectivity index (χ1n) is 6.93. The first-order chi connectivity index (χ1) is 10.1. The zero-order valence-corrected chi connectivity index (χ0v) is 12.3. The van der Waals surface area contributed by atoms with E-state index in [0.29, 0.717) is 18.2 Å². The van der Waals surface area contributed by atoms with Crippen LogP contribution >= 0.6 is 11.6 Å². The monoisotopic (exact) mass is 304 g/mol. The topological polar surface area (TPSA) is 71.2 Å². The van der Waals surface area contributed by atoms with E-state index in [0.717, 1.165) is 29.6 Å². The highest BCUT2D eigenvalue weighted by Crippen LogP contribution is 2.22. The maximum atomic E-state index is 11.5. The van der Waals surface area contributed by atoms with Crippen LogP contribution in [0.2, 0.25) is 5.15 Å². The van der Waals surface area contributed by atoms with Crippen LogP contribution in [0.15, 0.2) is 30.3 Å². The summed E-state index contributed by atoms with van der Waals surface area (Å²) >= 11 is 6.28. The van der Waals surface area contributed by atoms with Gasteiger partial charge < -0.3 is 11.1 Å². The van der Waals surface area contributed by atoms with Gasteiger partial charge in [0.25, 0.3) is 0 Å². The van der Waals surface area contributed by atoms with E-state index >= 15 is 0 Å². The van der Waals surface area contributed by atoms with Crippen molar-refractivity contribution in [3.63, 3.8) is 0 Å². The number of halogens is 1. The predicted octanol–water partition coefficient (Wildman–Crippen LogP) is 1.15. The zero-order chi connectivity index (χ0) is 14.8. The van der Waals surface area contributed by atoms with Crippen molar-refractivity contribution < 1.29 is 4.79 Å². The van der Waals surface area contributed by atoms with Gasteiger partial charge in [0.1, 0.15) is 11.2 Å². The van der Waals surface area contributed by atoms with Crippen LogP contribution in [0.4, 0.5) is 0 Å². The molecule has 6 heteroatoms. The largest absolute Gasteiger partial charge is 0.368 e. The molecule has 21 heavy (non-hydrogen) atoms. The molecule has 3 rings (SSSR count). The molecule has 1 atom stereocenters. The Morgan fingerprint density at radius 3 is 3.10 bits per heavy atom. The minimum Gasteiger partial charge on any atom is -0.368 e. The number of primary amides is 1. The smallest absolute Gasteiger partial charge is 0.236 e. The number of fused-ring (bicyclic) bond motifs is 1. The van der Waals surface area contributed by atoms with E-state index in [1.807, 2.05) is 30.3 Å². The highest BCUT2D eigenvalue weighted by atomic mass is 35.5. The normalized spacial score (nSPS) is 19.8. The van der Waals surface area contributed by atoms with Gasteiger partial charge in [-0.1, -0.05) is 29.8 Å². The van der Waals surface area contributed by atoms with Crippen molar-refractivity contribution in [1.82, 2.24) is 15.2 Å². The van der Waals surface area contributed by atoms with Gasteiger partial charge in [-0.3, -0.25) is 9.69 Å². The Morgan fingerprint density at radius 2 is 2.29 bits per heavy atom. The number of amides is 1. The van der Waals surface area contributed by atoms with Gasteiger partial charge >= 0.3 is 0 Å². The van der Waals surface area contributed by atoms with Crippen molar-refractivity contribution >= 4 is 28.4 Å². The molecule has 1 aromatic heterocycles. The lowest BCUT2D eigenvalue weighted by Gasteiger charge is -2.34. The van der Waals surface area contributed by atoms with E-state index in [-0.39, 0.29) is 11.9 Å². The quantitative estimate of drug-likeness (QED) is 0.835. The van der Waals surface area contributed by atoms with Crippen LogP contribution in [0, 0.1) is 0 Å². The number of benzene rings is 1. The Kier molecular flexibility index (Phi) is 4.05. The summed E-state index contributed by atoms with van der Waals surface area (Å²) in [6.07, 6.45) is 0. The summed E-state index contributed by atoms with van der Waals surface area (Å²) in [7, 11) is 0. The molecule has 0 saturated carbocycles. The lowest BCUT2D eigenvalue weighted by atomic mass is 10.1. The molecule has 5 nitrogen and oxygen atoms in total. The number of hydrogen-bond acceptors (Lipinski definition) is 4. The molecule has 3 N–H and O–H groups in total. The summed E-state index contributed by atoms with van der Waals surface area (Å²) in [6.45, 7) is 2.75. The number of rotatable bonds is 3. The summed E-state index contributed by atoms with van der Waals surface area (Å²) in [4.78, 5) is 18.0. The Labute approximate surface area is 128 Å². The summed E-state index contributed by atoms with van der Waals surface area (Å²) in [5.74, 6) is -0.313. The first kappa shape index (κ1) is 14.3. The number of aromatic nitrogens is 1. The van der Waals surface area contributed by atoms with Gasteiger partial charge in [0, 0.05) is 37.1 Å². The molecule has 1 aliphatic rings. The van der Waals surface area contributed by atoms with Crippen molar-refractivity contribution in [1.29, 1.82) is 0 Å². The van der Waals surface area contributed by atoms with Crippen LogP contribution in [0.5, 0.6) is 0 Å². The van der Waals surface area contributed by atoms with Crippen molar-refractivity contribution in [3.8, 4) is 0 Å². The Morgan fingerprint density at radius 1 is 1.48 bits per heavy atom. The van der Waals surface area contributed by atoms with E-state index < -0.39 is 0 Å². The molecule has 0 radical (unpaired) electrons. The minimum atomic E-state index is -0.313. The summed E-state index contributed by atoms with van der Waals surface area (Å²) in [5.41, 5.74) is 7.26. The second kappa shape index (κ2) is 5.97. The number of pyridine rings is 1. The molecule has 1 amide bonds. The van der Waals surface area contributed by atoms with Gasteiger partial charge in [0.15, 0.2) is 0 Å². The predicted molar refractivity (Wildman–Crippen MR) is 83.0 cm³/mol. The number of nitrogens with one attached hydrogen (secondary N) is 1. The lowest BCUT2D eigenvalue weighted by molar-refractivity contribution is -0.124. The maximum Gasteiger partial charge on any atom is 0.236 e. The van der Waals surface area contributed by atoms with Crippen LogP contribution in [0.3, 0.4) is 0 Å². The van der Waals surface area contributed by atoms with Crippen LogP contribution in [-0.2, 0) is 11.3 Å². The molecule has 1 saturated heterocycles. The van der Waals surface area contributed by atoms with Gasteiger partial charge in [0.05, 0.1) is 5.52 Å². The molecular weight excluding hydrogens is 288 g/mol. The molecule has 1 aromatic carbocycles. The molecule has 1 fully saturated rings. The van der Waals surface area contributed by atoms with Crippen molar-refractivity contribution in [2.24, 2.45) is 5.73 Å². The van der Waals surface area contributed by atoms with Gasteiger partial charge in [0.2, 0.25) is 5.91 Å². The molecule has 0 aliphatic carbocycles. The number of piperazine rings is 1. The minimum absolute atomic E-state index is 0.304. The number of nitrogens with two attached hydrogens (primary N) is 1. The number of carbonyl (C=O) groups is 1. The van der Waals surface area contributed by atoms with E-state index in [4.69, 9.17) is 17.3 Å². The summed E-state index contributed by atoms with van der Waals surface area (Å²) in [5, 5.41) is 4.71. The summed E-state index contributed by atoms with van der Waals surface area (Å²) < 4.78 is 0. The lowest BCUT2D eigenvalue weighted by Crippen LogP contribution is -2.56. The van der Waals surface area contributed by atoms with Crippen LogP contribution in [0.1, 0.15) is 5.56 Å². The first-order valence-corrected chi connectivity index (χ1v) is 7.31. The van der Waals surface area contributed by atoms with Gasteiger partial charge in [-0.15, -0.1) is 0 Å². The fourth-order valence-corrected chi connectivity index (χ4v) is 2.89. The third-order valence-electron chi connectivity index (χ3n) is 3.81. The van der Waals surface area contributed by atoms with Gasteiger partial charge in [-0.05, 0) is 12.1 Å². The van der Waals surface area contributed by atoms with E-state index in [1.54, 1.807) is 0 Å². The molecule has 0 spiro atoms. The average molecular weight is 305 g/mol. The van der Waals surface area contributed by atoms with E-state index in [1.165, 1.54) is 0 Å². The van der Waals surface area contributed by atoms with Crippen molar-refractivity contribution in [3.05, 3.63) is 41.0 Å². The second-order valence-corrected chi connectivity index (χ2v) is 5.58. The Hall–Kier alpha value is -1.69. The molecule has 1 aliphatic heterocycles.